The highest BCUT2D eigenvalue weighted by atomic mass is 14.9. The van der Waals surface area contributed by atoms with Crippen molar-refractivity contribution in [2.24, 2.45) is 10.9 Å². The summed E-state index contributed by atoms with van der Waals surface area (Å²) in [6, 6.07) is 2.68. The maximum absolute atomic E-state index is 8.63. The minimum absolute atomic E-state index is 0.512. The SMILES string of the molecule is N#CC1=N[C@H]2CCCCC2C1. The van der Waals surface area contributed by atoms with Gasteiger partial charge in [-0.15, -0.1) is 0 Å². The van der Waals surface area contributed by atoms with Crippen LogP contribution in [0.1, 0.15) is 32.1 Å². The van der Waals surface area contributed by atoms with Crippen molar-refractivity contribution in [1.29, 1.82) is 5.26 Å². The number of nitriles is 1. The topological polar surface area (TPSA) is 36.1 Å². The zero-order valence-corrected chi connectivity index (χ0v) is 6.58. The molecule has 11 heavy (non-hydrogen) atoms. The second kappa shape index (κ2) is 2.65. The Morgan fingerprint density at radius 3 is 2.91 bits per heavy atom. The predicted molar refractivity (Wildman–Crippen MR) is 43.4 cm³/mol. The van der Waals surface area contributed by atoms with E-state index in [0.29, 0.717) is 6.04 Å². The standard InChI is InChI=1S/C9H12N2/c10-6-8-5-7-3-1-2-4-9(7)11-8/h7,9H,1-5H2/t7?,9-/m0/s1. The molecule has 2 atom stereocenters. The summed E-state index contributed by atoms with van der Waals surface area (Å²) < 4.78 is 0. The Balaban J connectivity index is 2.09. The molecule has 1 unspecified atom stereocenters. The third-order valence-corrected chi connectivity index (χ3v) is 2.78. The molecule has 58 valence electrons. The van der Waals surface area contributed by atoms with Crippen LogP contribution in [-0.4, -0.2) is 11.8 Å². The van der Waals surface area contributed by atoms with Crippen LogP contribution in [0.4, 0.5) is 0 Å². The van der Waals surface area contributed by atoms with Gasteiger partial charge in [0.15, 0.2) is 0 Å². The highest BCUT2D eigenvalue weighted by Gasteiger charge is 2.30. The Labute approximate surface area is 66.9 Å². The number of rotatable bonds is 0. The number of hydrogen-bond acceptors (Lipinski definition) is 2. The van der Waals surface area contributed by atoms with Crippen molar-refractivity contribution in [3.63, 3.8) is 0 Å². The maximum Gasteiger partial charge on any atom is 0.114 e. The predicted octanol–water partition coefficient (Wildman–Crippen LogP) is 1.91. The molecule has 0 saturated heterocycles. The van der Waals surface area contributed by atoms with E-state index in [1.807, 2.05) is 0 Å². The molecule has 0 radical (unpaired) electrons. The van der Waals surface area contributed by atoms with Gasteiger partial charge in [0.05, 0.1) is 6.04 Å². The molecule has 2 rings (SSSR count). The zero-order chi connectivity index (χ0) is 7.68. The molecule has 0 aromatic carbocycles. The minimum Gasteiger partial charge on any atom is -0.275 e. The summed E-state index contributed by atoms with van der Waals surface area (Å²) in [6.07, 6.45) is 6.12. The van der Waals surface area contributed by atoms with Crippen molar-refractivity contribution in [3.8, 4) is 6.07 Å². The van der Waals surface area contributed by atoms with Crippen LogP contribution in [0.15, 0.2) is 4.99 Å². The van der Waals surface area contributed by atoms with E-state index in [9.17, 15) is 0 Å². The smallest absolute Gasteiger partial charge is 0.114 e. The Morgan fingerprint density at radius 1 is 1.36 bits per heavy atom. The molecule has 2 nitrogen and oxygen atoms in total. The largest absolute Gasteiger partial charge is 0.275 e. The summed E-state index contributed by atoms with van der Waals surface area (Å²) in [7, 11) is 0. The van der Waals surface area contributed by atoms with Crippen molar-refractivity contribution < 1.29 is 0 Å². The van der Waals surface area contributed by atoms with Crippen molar-refractivity contribution in [3.05, 3.63) is 0 Å². The third kappa shape index (κ3) is 1.16. The van der Waals surface area contributed by atoms with Gasteiger partial charge in [0.1, 0.15) is 11.8 Å². The van der Waals surface area contributed by atoms with Crippen molar-refractivity contribution in [1.82, 2.24) is 0 Å². The molecule has 2 heteroatoms. The second-order valence-electron chi connectivity index (χ2n) is 3.50. The lowest BCUT2D eigenvalue weighted by Crippen LogP contribution is -2.18. The molecule has 0 bridgehead atoms. The Bertz CT molecular complexity index is 224. The molecule has 1 aliphatic heterocycles. The van der Waals surface area contributed by atoms with E-state index in [0.717, 1.165) is 18.1 Å². The van der Waals surface area contributed by atoms with Gasteiger partial charge in [0, 0.05) is 6.42 Å². The molecule has 0 N–H and O–H groups in total. The number of aliphatic imine (C=N–C) groups is 1. The van der Waals surface area contributed by atoms with Gasteiger partial charge >= 0.3 is 0 Å². The van der Waals surface area contributed by atoms with E-state index < -0.39 is 0 Å². The Morgan fingerprint density at radius 2 is 2.18 bits per heavy atom. The van der Waals surface area contributed by atoms with E-state index in [1.54, 1.807) is 0 Å². The molecular formula is C9H12N2. The average Bonchev–Trinajstić information content (AvgIpc) is 2.46. The third-order valence-electron chi connectivity index (χ3n) is 2.78. The maximum atomic E-state index is 8.63. The fraction of sp³-hybridized carbons (Fsp3) is 0.778. The van der Waals surface area contributed by atoms with E-state index in [1.165, 1.54) is 25.7 Å². The fourth-order valence-corrected chi connectivity index (χ4v) is 2.17. The summed E-state index contributed by atoms with van der Waals surface area (Å²) >= 11 is 0. The minimum atomic E-state index is 0.512. The molecule has 1 heterocycles. The van der Waals surface area contributed by atoms with Crippen LogP contribution in [0.2, 0.25) is 0 Å². The molecule has 2 aliphatic rings. The van der Waals surface area contributed by atoms with Gasteiger partial charge in [0.2, 0.25) is 0 Å². The van der Waals surface area contributed by atoms with Gasteiger partial charge in [-0.1, -0.05) is 12.8 Å². The van der Waals surface area contributed by atoms with E-state index in [4.69, 9.17) is 5.26 Å². The highest BCUT2D eigenvalue weighted by molar-refractivity contribution is 5.99. The van der Waals surface area contributed by atoms with E-state index >= 15 is 0 Å². The molecule has 1 aliphatic carbocycles. The first-order chi connectivity index (χ1) is 5.40. The first-order valence-corrected chi connectivity index (χ1v) is 4.37. The number of fused-ring (bicyclic) bond motifs is 1. The van der Waals surface area contributed by atoms with E-state index in [2.05, 4.69) is 11.1 Å². The van der Waals surface area contributed by atoms with Crippen LogP contribution in [-0.2, 0) is 0 Å². The van der Waals surface area contributed by atoms with E-state index in [-0.39, 0.29) is 0 Å². The molecule has 0 amide bonds. The molecule has 1 fully saturated rings. The quantitative estimate of drug-likeness (QED) is 0.517. The van der Waals surface area contributed by atoms with Gasteiger partial charge in [-0.3, -0.25) is 4.99 Å². The van der Waals surface area contributed by atoms with Crippen LogP contribution in [0.3, 0.4) is 0 Å². The molecular weight excluding hydrogens is 136 g/mol. The van der Waals surface area contributed by atoms with Crippen LogP contribution in [0.5, 0.6) is 0 Å². The summed E-state index contributed by atoms with van der Waals surface area (Å²) in [5, 5.41) is 8.63. The van der Waals surface area contributed by atoms with Crippen molar-refractivity contribution in [2.75, 3.05) is 0 Å². The van der Waals surface area contributed by atoms with Crippen LogP contribution >= 0.6 is 0 Å². The second-order valence-corrected chi connectivity index (χ2v) is 3.50. The number of hydrogen-bond donors (Lipinski definition) is 0. The van der Waals surface area contributed by atoms with Gasteiger partial charge < -0.3 is 0 Å². The molecule has 0 aromatic heterocycles. The lowest BCUT2D eigenvalue weighted by atomic mass is 9.84. The van der Waals surface area contributed by atoms with Gasteiger partial charge in [-0.05, 0) is 18.8 Å². The van der Waals surface area contributed by atoms with Crippen molar-refractivity contribution >= 4 is 5.71 Å². The lowest BCUT2D eigenvalue weighted by Gasteiger charge is -2.22. The first kappa shape index (κ1) is 6.84. The van der Waals surface area contributed by atoms with Gasteiger partial charge in [-0.2, -0.15) is 5.26 Å². The summed E-state index contributed by atoms with van der Waals surface area (Å²) in [4.78, 5) is 4.38. The van der Waals surface area contributed by atoms with Crippen molar-refractivity contribution in [2.45, 2.75) is 38.1 Å². The first-order valence-electron chi connectivity index (χ1n) is 4.37. The Hall–Kier alpha value is -0.840. The normalized spacial score (nSPS) is 35.7. The summed E-state index contributed by atoms with van der Waals surface area (Å²) in [5.74, 6) is 0.721. The zero-order valence-electron chi connectivity index (χ0n) is 6.58. The van der Waals surface area contributed by atoms with Crippen LogP contribution in [0, 0.1) is 17.2 Å². The number of nitrogens with zero attached hydrogens (tertiary/aromatic N) is 2. The Kier molecular flexibility index (Phi) is 1.65. The molecule has 1 saturated carbocycles. The lowest BCUT2D eigenvalue weighted by molar-refractivity contribution is 0.337. The average molecular weight is 148 g/mol. The van der Waals surface area contributed by atoms with Crippen LogP contribution < -0.4 is 0 Å². The fourth-order valence-electron chi connectivity index (χ4n) is 2.17. The summed E-state index contributed by atoms with van der Waals surface area (Å²) in [5.41, 5.74) is 0.793. The monoisotopic (exact) mass is 148 g/mol. The summed E-state index contributed by atoms with van der Waals surface area (Å²) in [6.45, 7) is 0. The highest BCUT2D eigenvalue weighted by Crippen LogP contribution is 2.33. The van der Waals surface area contributed by atoms with Crippen LogP contribution in [0.25, 0.3) is 0 Å². The molecule has 0 aromatic rings. The van der Waals surface area contributed by atoms with Gasteiger partial charge in [-0.25, -0.2) is 0 Å². The van der Waals surface area contributed by atoms with Gasteiger partial charge in [0.25, 0.3) is 0 Å². The molecule has 0 spiro atoms.